The standard InChI is InChI=1S/C19H28N6O2/c1-12(2)17-18-15(10-23(3)21-18)19(27)25(22-17)11-16(26)20-13-5-4-8-24(9-13)14-6-7-14/h10,12-14H,4-9,11H2,1-3H3,(H,20,26)/t13-/m1/s1. The van der Waals surface area contributed by atoms with Gasteiger partial charge in [0, 0.05) is 31.9 Å². The van der Waals surface area contributed by atoms with Crippen LogP contribution in [0.5, 0.6) is 0 Å². The Morgan fingerprint density at radius 2 is 2.07 bits per heavy atom. The lowest BCUT2D eigenvalue weighted by Gasteiger charge is -2.33. The number of fused-ring (bicyclic) bond motifs is 1. The van der Waals surface area contributed by atoms with Crippen molar-refractivity contribution in [3.8, 4) is 0 Å². The molecule has 2 aromatic rings. The van der Waals surface area contributed by atoms with Gasteiger partial charge in [-0.15, -0.1) is 0 Å². The van der Waals surface area contributed by atoms with Crippen LogP contribution in [0.4, 0.5) is 0 Å². The molecule has 27 heavy (non-hydrogen) atoms. The van der Waals surface area contributed by atoms with E-state index in [-0.39, 0.29) is 30.0 Å². The van der Waals surface area contributed by atoms with Crippen molar-refractivity contribution in [2.45, 2.75) is 64.1 Å². The van der Waals surface area contributed by atoms with Gasteiger partial charge in [0.05, 0.1) is 11.1 Å². The minimum Gasteiger partial charge on any atom is -0.350 e. The number of rotatable bonds is 5. The number of carbonyl (C=O) groups is 1. The molecule has 1 aliphatic heterocycles. The third-order valence-electron chi connectivity index (χ3n) is 5.49. The molecule has 0 spiro atoms. The molecule has 1 atom stereocenters. The predicted octanol–water partition coefficient (Wildman–Crippen LogP) is 0.996. The van der Waals surface area contributed by atoms with E-state index >= 15 is 0 Å². The maximum absolute atomic E-state index is 12.8. The summed E-state index contributed by atoms with van der Waals surface area (Å²) in [6.07, 6.45) is 6.37. The molecule has 2 aliphatic rings. The van der Waals surface area contributed by atoms with E-state index in [1.807, 2.05) is 13.8 Å². The fourth-order valence-corrected chi connectivity index (χ4v) is 4.00. The van der Waals surface area contributed by atoms with Gasteiger partial charge in [0.1, 0.15) is 12.1 Å². The Bertz CT molecular complexity index is 911. The molecule has 1 N–H and O–H groups in total. The topological polar surface area (TPSA) is 85.0 Å². The first-order chi connectivity index (χ1) is 12.9. The molecule has 2 aromatic heterocycles. The van der Waals surface area contributed by atoms with Crippen molar-refractivity contribution in [1.82, 2.24) is 29.8 Å². The fraction of sp³-hybridized carbons (Fsp3) is 0.684. The maximum atomic E-state index is 12.8. The number of nitrogens with zero attached hydrogens (tertiary/aromatic N) is 5. The van der Waals surface area contributed by atoms with Gasteiger partial charge in [-0.3, -0.25) is 19.2 Å². The smallest absolute Gasteiger partial charge is 0.278 e. The summed E-state index contributed by atoms with van der Waals surface area (Å²) in [5, 5.41) is 12.5. The largest absolute Gasteiger partial charge is 0.350 e. The Kier molecular flexibility index (Phi) is 4.75. The second kappa shape index (κ2) is 7.07. The lowest BCUT2D eigenvalue weighted by atomic mass is 10.1. The summed E-state index contributed by atoms with van der Waals surface area (Å²) in [6, 6.07) is 0.879. The van der Waals surface area contributed by atoms with Gasteiger partial charge in [-0.2, -0.15) is 10.2 Å². The molecule has 0 aromatic carbocycles. The SMILES string of the molecule is CC(C)c1nn(CC(=O)N[C@@H]2CCCN(C3CC3)C2)c(=O)c2cn(C)nc12. The number of amides is 1. The van der Waals surface area contributed by atoms with E-state index in [2.05, 4.69) is 20.4 Å². The number of hydrogen-bond acceptors (Lipinski definition) is 5. The highest BCUT2D eigenvalue weighted by Crippen LogP contribution is 2.29. The van der Waals surface area contributed by atoms with Gasteiger partial charge < -0.3 is 5.32 Å². The Hall–Kier alpha value is -2.22. The summed E-state index contributed by atoms with van der Waals surface area (Å²) in [5.41, 5.74) is 1.11. The summed E-state index contributed by atoms with van der Waals surface area (Å²) in [6.45, 7) is 6.02. The van der Waals surface area contributed by atoms with Crippen LogP contribution in [0.1, 0.15) is 51.1 Å². The Labute approximate surface area is 158 Å². The average molecular weight is 372 g/mol. The molecule has 0 bridgehead atoms. The van der Waals surface area contributed by atoms with E-state index in [0.29, 0.717) is 10.9 Å². The molecule has 3 heterocycles. The van der Waals surface area contributed by atoms with Crippen LogP contribution in [0.2, 0.25) is 0 Å². The first-order valence-corrected chi connectivity index (χ1v) is 9.90. The number of likely N-dealkylation sites (tertiary alicyclic amines) is 1. The highest BCUT2D eigenvalue weighted by Gasteiger charge is 2.33. The van der Waals surface area contributed by atoms with Crippen LogP contribution in [0.15, 0.2) is 11.0 Å². The Balaban J connectivity index is 1.51. The molecule has 4 rings (SSSR count). The van der Waals surface area contributed by atoms with Gasteiger partial charge in [0.2, 0.25) is 5.91 Å². The van der Waals surface area contributed by atoms with E-state index in [9.17, 15) is 9.59 Å². The summed E-state index contributed by atoms with van der Waals surface area (Å²) >= 11 is 0. The molecular weight excluding hydrogens is 344 g/mol. The third kappa shape index (κ3) is 3.76. The lowest BCUT2D eigenvalue weighted by Crippen LogP contribution is -2.49. The molecule has 1 saturated carbocycles. The first-order valence-electron chi connectivity index (χ1n) is 9.90. The van der Waals surface area contributed by atoms with Crippen molar-refractivity contribution >= 4 is 16.8 Å². The second-order valence-electron chi connectivity index (χ2n) is 8.20. The molecule has 0 radical (unpaired) electrons. The molecule has 8 nitrogen and oxygen atoms in total. The molecule has 2 fully saturated rings. The van der Waals surface area contributed by atoms with Crippen molar-refractivity contribution in [1.29, 1.82) is 0 Å². The molecule has 146 valence electrons. The summed E-state index contributed by atoms with van der Waals surface area (Å²) in [5.74, 6) is -0.0343. The lowest BCUT2D eigenvalue weighted by molar-refractivity contribution is -0.123. The molecule has 0 unspecified atom stereocenters. The normalized spacial score (nSPS) is 21.1. The van der Waals surface area contributed by atoms with Crippen molar-refractivity contribution in [3.63, 3.8) is 0 Å². The van der Waals surface area contributed by atoms with Crippen LogP contribution in [0, 0.1) is 0 Å². The highest BCUT2D eigenvalue weighted by atomic mass is 16.2. The van der Waals surface area contributed by atoms with Gasteiger partial charge in [-0.25, -0.2) is 4.68 Å². The number of nitrogens with one attached hydrogen (secondary N) is 1. The van der Waals surface area contributed by atoms with Gasteiger partial charge in [-0.05, 0) is 38.1 Å². The second-order valence-corrected chi connectivity index (χ2v) is 8.20. The first kappa shape index (κ1) is 18.2. The number of piperidine rings is 1. The number of aromatic nitrogens is 4. The van der Waals surface area contributed by atoms with Crippen LogP contribution in [-0.4, -0.2) is 55.5 Å². The van der Waals surface area contributed by atoms with Crippen molar-refractivity contribution in [2.24, 2.45) is 7.05 Å². The van der Waals surface area contributed by atoms with Gasteiger partial charge in [0.15, 0.2) is 0 Å². The van der Waals surface area contributed by atoms with Gasteiger partial charge >= 0.3 is 0 Å². The van der Waals surface area contributed by atoms with Crippen molar-refractivity contribution < 1.29 is 4.79 Å². The third-order valence-corrected chi connectivity index (χ3v) is 5.49. The minimum absolute atomic E-state index is 0.0523. The maximum Gasteiger partial charge on any atom is 0.278 e. The number of carbonyl (C=O) groups excluding carboxylic acids is 1. The predicted molar refractivity (Wildman–Crippen MR) is 103 cm³/mol. The summed E-state index contributed by atoms with van der Waals surface area (Å²) < 4.78 is 2.91. The summed E-state index contributed by atoms with van der Waals surface area (Å²) in [4.78, 5) is 27.8. The van der Waals surface area contributed by atoms with Crippen molar-refractivity contribution in [2.75, 3.05) is 13.1 Å². The van der Waals surface area contributed by atoms with Gasteiger partial charge in [0.25, 0.3) is 5.56 Å². The van der Waals surface area contributed by atoms with E-state index in [4.69, 9.17) is 0 Å². The Morgan fingerprint density at radius 1 is 1.30 bits per heavy atom. The number of aryl methyl sites for hydroxylation is 1. The number of hydrogen-bond donors (Lipinski definition) is 1. The van der Waals surface area contributed by atoms with Crippen LogP contribution in [0.25, 0.3) is 10.9 Å². The van der Waals surface area contributed by atoms with E-state index in [0.717, 1.165) is 37.7 Å². The van der Waals surface area contributed by atoms with Crippen LogP contribution >= 0.6 is 0 Å². The molecule has 8 heteroatoms. The monoisotopic (exact) mass is 372 g/mol. The van der Waals surface area contributed by atoms with E-state index in [1.54, 1.807) is 17.9 Å². The zero-order valence-corrected chi connectivity index (χ0v) is 16.3. The van der Waals surface area contributed by atoms with Gasteiger partial charge in [-0.1, -0.05) is 13.8 Å². The highest BCUT2D eigenvalue weighted by molar-refractivity contribution is 5.80. The summed E-state index contributed by atoms with van der Waals surface area (Å²) in [7, 11) is 1.79. The van der Waals surface area contributed by atoms with Crippen LogP contribution < -0.4 is 10.9 Å². The molecule has 1 amide bonds. The fourth-order valence-electron chi connectivity index (χ4n) is 4.00. The quantitative estimate of drug-likeness (QED) is 0.846. The zero-order valence-electron chi connectivity index (χ0n) is 16.3. The average Bonchev–Trinajstić information content (AvgIpc) is 3.39. The van der Waals surface area contributed by atoms with Crippen LogP contribution in [0.3, 0.4) is 0 Å². The van der Waals surface area contributed by atoms with Crippen LogP contribution in [-0.2, 0) is 18.4 Å². The Morgan fingerprint density at radius 3 is 2.78 bits per heavy atom. The van der Waals surface area contributed by atoms with E-state index < -0.39 is 0 Å². The molecular formula is C19H28N6O2. The molecule has 1 saturated heterocycles. The van der Waals surface area contributed by atoms with E-state index in [1.165, 1.54) is 17.5 Å². The minimum atomic E-state index is -0.263. The zero-order chi connectivity index (χ0) is 19.1. The van der Waals surface area contributed by atoms with Crippen molar-refractivity contribution in [3.05, 3.63) is 22.2 Å². The molecule has 1 aliphatic carbocycles.